The van der Waals surface area contributed by atoms with E-state index in [0.29, 0.717) is 12.5 Å². The summed E-state index contributed by atoms with van der Waals surface area (Å²) in [7, 11) is 3.43. The molecule has 2 rings (SSSR count). The van der Waals surface area contributed by atoms with Gasteiger partial charge in [-0.2, -0.15) is 11.3 Å². The minimum absolute atomic E-state index is 0.0150. The van der Waals surface area contributed by atoms with E-state index in [1.165, 1.54) is 5.56 Å². The van der Waals surface area contributed by atoms with E-state index in [-0.39, 0.29) is 6.10 Å². The van der Waals surface area contributed by atoms with Crippen LogP contribution in [0.4, 0.5) is 0 Å². The van der Waals surface area contributed by atoms with Gasteiger partial charge in [0.1, 0.15) is 17.6 Å². The first-order valence-electron chi connectivity index (χ1n) is 8.39. The Morgan fingerprint density at radius 2 is 1.76 bits per heavy atom. The molecular formula is C19H27N3O2S. The van der Waals surface area contributed by atoms with Crippen LogP contribution in [0.3, 0.4) is 0 Å². The number of thiophene rings is 1. The van der Waals surface area contributed by atoms with Gasteiger partial charge in [-0.1, -0.05) is 6.92 Å². The zero-order valence-corrected chi connectivity index (χ0v) is 16.1. The van der Waals surface area contributed by atoms with Crippen molar-refractivity contribution in [2.75, 3.05) is 27.2 Å². The highest BCUT2D eigenvalue weighted by atomic mass is 32.1. The number of hydrogen-bond acceptors (Lipinski definition) is 4. The summed E-state index contributed by atoms with van der Waals surface area (Å²) in [6, 6.07) is 9.76. The van der Waals surface area contributed by atoms with Crippen LogP contribution in [-0.4, -0.2) is 39.3 Å². The van der Waals surface area contributed by atoms with E-state index in [0.717, 1.165) is 24.0 Å². The van der Waals surface area contributed by atoms with Gasteiger partial charge in [0.25, 0.3) is 0 Å². The molecule has 25 heavy (non-hydrogen) atoms. The van der Waals surface area contributed by atoms with Crippen molar-refractivity contribution in [2.24, 2.45) is 4.99 Å². The second-order valence-electron chi connectivity index (χ2n) is 5.90. The molecule has 6 heteroatoms. The van der Waals surface area contributed by atoms with Gasteiger partial charge in [-0.25, -0.2) is 0 Å². The maximum atomic E-state index is 5.89. The van der Waals surface area contributed by atoms with E-state index in [9.17, 15) is 0 Å². The lowest BCUT2D eigenvalue weighted by molar-refractivity contribution is 0.223. The van der Waals surface area contributed by atoms with Crippen LogP contribution in [0, 0.1) is 0 Å². The smallest absolute Gasteiger partial charge is 0.191 e. The van der Waals surface area contributed by atoms with Crippen molar-refractivity contribution in [3.8, 4) is 11.5 Å². The van der Waals surface area contributed by atoms with E-state index in [1.54, 1.807) is 25.5 Å². The van der Waals surface area contributed by atoms with Gasteiger partial charge in [0.05, 0.1) is 13.7 Å². The Morgan fingerprint density at radius 3 is 2.36 bits per heavy atom. The molecule has 0 saturated heterocycles. The number of methoxy groups -OCH3 is 1. The number of nitrogens with one attached hydrogen (secondary N) is 2. The molecule has 0 fully saturated rings. The normalized spacial score (nSPS) is 13.8. The molecule has 2 N–H and O–H groups in total. The Labute approximate surface area is 154 Å². The topological polar surface area (TPSA) is 54.9 Å². The van der Waals surface area contributed by atoms with Crippen molar-refractivity contribution in [1.82, 2.24) is 10.6 Å². The molecule has 1 heterocycles. The Bertz CT molecular complexity index is 641. The molecule has 2 unspecified atom stereocenters. The van der Waals surface area contributed by atoms with E-state index in [1.807, 2.05) is 31.2 Å². The molecule has 2 atom stereocenters. The first-order valence-corrected chi connectivity index (χ1v) is 9.34. The molecule has 5 nitrogen and oxygen atoms in total. The SMILES string of the molecule is CN=C(NCC(C)Oc1ccc(OC)cc1)NCC(C)c1ccsc1. The zero-order valence-electron chi connectivity index (χ0n) is 15.3. The van der Waals surface area contributed by atoms with Crippen molar-refractivity contribution in [1.29, 1.82) is 0 Å². The number of ether oxygens (including phenoxy) is 2. The quantitative estimate of drug-likeness (QED) is 0.558. The van der Waals surface area contributed by atoms with Crippen LogP contribution >= 0.6 is 11.3 Å². The van der Waals surface area contributed by atoms with Crippen LogP contribution in [0.15, 0.2) is 46.1 Å². The van der Waals surface area contributed by atoms with Crippen molar-refractivity contribution in [2.45, 2.75) is 25.9 Å². The standard InChI is InChI=1S/C19H27N3O2S/c1-14(16-9-10-25-13-16)11-21-19(20-3)22-12-15(2)24-18-7-5-17(23-4)6-8-18/h5-10,13-15H,11-12H2,1-4H3,(H2,20,21,22). The lowest BCUT2D eigenvalue weighted by atomic mass is 10.1. The fourth-order valence-corrected chi connectivity index (χ4v) is 3.09. The number of rotatable bonds is 8. The summed E-state index contributed by atoms with van der Waals surface area (Å²) in [6.45, 7) is 5.74. The monoisotopic (exact) mass is 361 g/mol. The van der Waals surface area contributed by atoms with Crippen LogP contribution in [-0.2, 0) is 0 Å². The van der Waals surface area contributed by atoms with Crippen LogP contribution in [0.2, 0.25) is 0 Å². The summed E-state index contributed by atoms with van der Waals surface area (Å²) < 4.78 is 11.0. The lowest BCUT2D eigenvalue weighted by Crippen LogP contribution is -2.42. The third kappa shape index (κ3) is 6.31. The van der Waals surface area contributed by atoms with Crippen molar-refractivity contribution < 1.29 is 9.47 Å². The Balaban J connectivity index is 1.73. The van der Waals surface area contributed by atoms with Crippen molar-refractivity contribution >= 4 is 17.3 Å². The van der Waals surface area contributed by atoms with E-state index < -0.39 is 0 Å². The molecule has 0 aliphatic heterocycles. The highest BCUT2D eigenvalue weighted by Crippen LogP contribution is 2.18. The van der Waals surface area contributed by atoms with Gasteiger partial charge in [-0.05, 0) is 59.5 Å². The summed E-state index contributed by atoms with van der Waals surface area (Å²) in [5.74, 6) is 2.87. The number of guanidine groups is 1. The van der Waals surface area contributed by atoms with Crippen LogP contribution < -0.4 is 20.1 Å². The van der Waals surface area contributed by atoms with Gasteiger partial charge in [0, 0.05) is 13.6 Å². The first-order chi connectivity index (χ1) is 12.1. The van der Waals surface area contributed by atoms with Gasteiger partial charge in [-0.3, -0.25) is 4.99 Å². The predicted octanol–water partition coefficient (Wildman–Crippen LogP) is 3.49. The minimum Gasteiger partial charge on any atom is -0.497 e. The molecule has 136 valence electrons. The average Bonchev–Trinajstić information content (AvgIpc) is 3.17. The molecule has 0 radical (unpaired) electrons. The fourth-order valence-electron chi connectivity index (χ4n) is 2.31. The second-order valence-corrected chi connectivity index (χ2v) is 6.68. The lowest BCUT2D eigenvalue weighted by Gasteiger charge is -2.19. The molecule has 1 aromatic carbocycles. The molecule has 2 aromatic rings. The molecule has 0 bridgehead atoms. The largest absolute Gasteiger partial charge is 0.497 e. The van der Waals surface area contributed by atoms with Crippen molar-refractivity contribution in [3.63, 3.8) is 0 Å². The number of nitrogens with zero attached hydrogens (tertiary/aromatic N) is 1. The van der Waals surface area contributed by atoms with E-state index in [4.69, 9.17) is 9.47 Å². The predicted molar refractivity (Wildman–Crippen MR) is 105 cm³/mol. The Morgan fingerprint density at radius 1 is 1.08 bits per heavy atom. The Kier molecular flexibility index (Phi) is 7.60. The summed E-state index contributed by atoms with van der Waals surface area (Å²) in [5, 5.41) is 11.0. The summed E-state index contributed by atoms with van der Waals surface area (Å²) >= 11 is 1.73. The fraction of sp³-hybridized carbons (Fsp3) is 0.421. The number of hydrogen-bond donors (Lipinski definition) is 2. The molecule has 0 saturated carbocycles. The zero-order chi connectivity index (χ0) is 18.1. The maximum Gasteiger partial charge on any atom is 0.191 e. The average molecular weight is 362 g/mol. The van der Waals surface area contributed by atoms with Crippen LogP contribution in [0.1, 0.15) is 25.3 Å². The number of benzene rings is 1. The van der Waals surface area contributed by atoms with Gasteiger partial charge in [0.15, 0.2) is 5.96 Å². The van der Waals surface area contributed by atoms with Gasteiger partial charge in [-0.15, -0.1) is 0 Å². The molecule has 0 amide bonds. The molecule has 0 aliphatic rings. The highest BCUT2D eigenvalue weighted by Gasteiger charge is 2.09. The van der Waals surface area contributed by atoms with Gasteiger partial charge in [0.2, 0.25) is 0 Å². The molecular weight excluding hydrogens is 334 g/mol. The minimum atomic E-state index is 0.0150. The molecule has 1 aromatic heterocycles. The van der Waals surface area contributed by atoms with Gasteiger partial charge >= 0.3 is 0 Å². The van der Waals surface area contributed by atoms with E-state index in [2.05, 4.69) is 39.4 Å². The van der Waals surface area contributed by atoms with Crippen LogP contribution in [0.25, 0.3) is 0 Å². The summed E-state index contributed by atoms with van der Waals surface area (Å²) in [6.07, 6.45) is 0.0150. The number of aliphatic imine (C=N–C) groups is 1. The molecule has 0 spiro atoms. The maximum absolute atomic E-state index is 5.89. The van der Waals surface area contributed by atoms with Gasteiger partial charge < -0.3 is 20.1 Å². The Hall–Kier alpha value is -2.21. The van der Waals surface area contributed by atoms with E-state index >= 15 is 0 Å². The highest BCUT2D eigenvalue weighted by molar-refractivity contribution is 7.07. The second kappa shape index (κ2) is 9.93. The third-order valence-corrected chi connectivity index (χ3v) is 4.57. The molecule has 0 aliphatic carbocycles. The third-order valence-electron chi connectivity index (χ3n) is 3.87. The van der Waals surface area contributed by atoms with Crippen molar-refractivity contribution in [3.05, 3.63) is 46.7 Å². The first kappa shape index (κ1) is 19.1. The summed E-state index contributed by atoms with van der Waals surface area (Å²) in [4.78, 5) is 4.27. The summed E-state index contributed by atoms with van der Waals surface area (Å²) in [5.41, 5.74) is 1.35. The van der Waals surface area contributed by atoms with Crippen LogP contribution in [0.5, 0.6) is 11.5 Å².